The standard InChI is InChI=1S/C8H14N6O2S2/c1-14(16)8(15)10-4-2-3-9-5-11-6(17)13-7(18)12-5/h16H,2-4H2,1H3,(H,10,15)(H3,9,11,12,13,17,18). The summed E-state index contributed by atoms with van der Waals surface area (Å²) in [6.45, 7) is 1.00. The van der Waals surface area contributed by atoms with Gasteiger partial charge in [-0.2, -0.15) is 4.98 Å². The van der Waals surface area contributed by atoms with E-state index in [0.717, 1.165) is 0 Å². The fourth-order valence-corrected chi connectivity index (χ4v) is 1.53. The number of amides is 2. The van der Waals surface area contributed by atoms with Crippen LogP contribution in [0.25, 0.3) is 0 Å². The molecule has 18 heavy (non-hydrogen) atoms. The number of urea groups is 1. The van der Waals surface area contributed by atoms with Crippen LogP contribution in [0, 0.1) is 9.54 Å². The summed E-state index contributed by atoms with van der Waals surface area (Å²) in [6.07, 6.45) is 0.660. The second kappa shape index (κ2) is 7.03. The number of carbonyl (C=O) groups is 1. The molecule has 0 aromatic carbocycles. The zero-order valence-electron chi connectivity index (χ0n) is 9.69. The van der Waals surface area contributed by atoms with Gasteiger partial charge in [0.25, 0.3) is 0 Å². The quantitative estimate of drug-likeness (QED) is 0.240. The Kier molecular flexibility index (Phi) is 5.68. The van der Waals surface area contributed by atoms with Crippen molar-refractivity contribution in [2.75, 3.05) is 25.5 Å². The highest BCUT2D eigenvalue weighted by atomic mass is 32.1. The lowest BCUT2D eigenvalue weighted by atomic mass is 10.4. The van der Waals surface area contributed by atoms with Gasteiger partial charge < -0.3 is 20.6 Å². The van der Waals surface area contributed by atoms with Gasteiger partial charge in [0.1, 0.15) is 0 Å². The van der Waals surface area contributed by atoms with Crippen LogP contribution in [-0.2, 0) is 0 Å². The minimum absolute atomic E-state index is 0.302. The number of hydrogen-bond donors (Lipinski definition) is 5. The zero-order chi connectivity index (χ0) is 13.5. The second-order valence-electron chi connectivity index (χ2n) is 3.38. The number of aromatic amines is 2. The predicted octanol–water partition coefficient (Wildman–Crippen LogP) is 1.03. The van der Waals surface area contributed by atoms with Crippen molar-refractivity contribution in [1.82, 2.24) is 25.3 Å². The molecule has 0 spiro atoms. The molecular formula is C8H14N6O2S2. The minimum Gasteiger partial charge on any atom is -0.356 e. The average molecular weight is 290 g/mol. The smallest absolute Gasteiger partial charge is 0.340 e. The molecule has 0 saturated carbocycles. The van der Waals surface area contributed by atoms with Gasteiger partial charge in [0, 0.05) is 20.1 Å². The number of carbonyl (C=O) groups excluding carboxylic acids is 1. The van der Waals surface area contributed by atoms with E-state index in [-0.39, 0.29) is 0 Å². The Morgan fingerprint density at radius 1 is 1.44 bits per heavy atom. The molecule has 0 bridgehead atoms. The molecular weight excluding hydrogens is 276 g/mol. The van der Waals surface area contributed by atoms with Gasteiger partial charge in [0.2, 0.25) is 10.7 Å². The molecule has 0 saturated heterocycles. The molecule has 5 N–H and O–H groups in total. The average Bonchev–Trinajstić information content (AvgIpc) is 2.26. The Bertz CT molecular complexity index is 483. The number of H-pyrrole nitrogens is 2. The first-order valence-corrected chi connectivity index (χ1v) is 5.95. The van der Waals surface area contributed by atoms with Crippen LogP contribution in [0.1, 0.15) is 6.42 Å². The van der Waals surface area contributed by atoms with Crippen molar-refractivity contribution < 1.29 is 10.0 Å². The molecule has 0 aliphatic heterocycles. The number of rotatable bonds is 5. The van der Waals surface area contributed by atoms with Gasteiger partial charge in [-0.3, -0.25) is 5.21 Å². The van der Waals surface area contributed by atoms with Gasteiger partial charge in [-0.25, -0.2) is 9.86 Å². The van der Waals surface area contributed by atoms with Crippen molar-refractivity contribution in [3.05, 3.63) is 9.54 Å². The van der Waals surface area contributed by atoms with Crippen LogP contribution < -0.4 is 10.6 Å². The molecule has 0 atom stereocenters. The fourth-order valence-electron chi connectivity index (χ4n) is 1.08. The Morgan fingerprint density at radius 3 is 2.78 bits per heavy atom. The van der Waals surface area contributed by atoms with Crippen molar-refractivity contribution in [2.45, 2.75) is 6.42 Å². The number of hydroxylamine groups is 2. The molecule has 10 heteroatoms. The minimum atomic E-state index is -0.547. The van der Waals surface area contributed by atoms with Gasteiger partial charge in [0.05, 0.1) is 0 Å². The Morgan fingerprint density at radius 2 is 2.17 bits per heavy atom. The summed E-state index contributed by atoms with van der Waals surface area (Å²) < 4.78 is 0.698. The molecule has 0 aliphatic rings. The molecule has 8 nitrogen and oxygen atoms in total. The van der Waals surface area contributed by atoms with Crippen LogP contribution in [0.15, 0.2) is 0 Å². The lowest BCUT2D eigenvalue weighted by Gasteiger charge is -2.10. The summed E-state index contributed by atoms with van der Waals surface area (Å²) in [5.41, 5.74) is 0. The SMILES string of the molecule is CN(O)C(=O)NCCCNc1nc(=S)[nH]c(=S)[nH]1. The first-order chi connectivity index (χ1) is 8.49. The van der Waals surface area contributed by atoms with Gasteiger partial charge in [-0.05, 0) is 30.9 Å². The molecule has 0 aliphatic carbocycles. The summed E-state index contributed by atoms with van der Waals surface area (Å²) in [6, 6.07) is -0.547. The number of nitrogens with zero attached hydrogens (tertiary/aromatic N) is 2. The molecule has 1 rings (SSSR count). The van der Waals surface area contributed by atoms with E-state index in [9.17, 15) is 4.79 Å². The normalized spacial score (nSPS) is 9.89. The summed E-state index contributed by atoms with van der Waals surface area (Å²) in [4.78, 5) is 20.4. The highest BCUT2D eigenvalue weighted by molar-refractivity contribution is 7.71. The first kappa shape index (κ1) is 14.5. The van der Waals surface area contributed by atoms with E-state index in [2.05, 4.69) is 25.6 Å². The van der Waals surface area contributed by atoms with E-state index in [1.807, 2.05) is 0 Å². The highest BCUT2D eigenvalue weighted by Gasteiger charge is 2.02. The molecule has 1 aromatic heterocycles. The first-order valence-electron chi connectivity index (χ1n) is 5.14. The van der Waals surface area contributed by atoms with Crippen LogP contribution in [0.5, 0.6) is 0 Å². The van der Waals surface area contributed by atoms with E-state index >= 15 is 0 Å². The van der Waals surface area contributed by atoms with Crippen molar-refractivity contribution in [1.29, 1.82) is 0 Å². The maximum atomic E-state index is 11.0. The molecule has 100 valence electrons. The molecule has 0 radical (unpaired) electrons. The van der Waals surface area contributed by atoms with Crippen LogP contribution in [0.2, 0.25) is 0 Å². The van der Waals surface area contributed by atoms with Gasteiger partial charge in [0.15, 0.2) is 4.77 Å². The molecule has 0 unspecified atom stereocenters. The Hall–Kier alpha value is -1.52. The van der Waals surface area contributed by atoms with Gasteiger partial charge in [-0.1, -0.05) is 0 Å². The maximum absolute atomic E-state index is 11.0. The molecule has 2 amide bonds. The van der Waals surface area contributed by atoms with Crippen molar-refractivity contribution >= 4 is 36.4 Å². The van der Waals surface area contributed by atoms with Crippen molar-refractivity contribution in [3.63, 3.8) is 0 Å². The Balaban J connectivity index is 2.28. The van der Waals surface area contributed by atoms with Crippen molar-refractivity contribution in [2.24, 2.45) is 0 Å². The van der Waals surface area contributed by atoms with Crippen LogP contribution in [0.3, 0.4) is 0 Å². The summed E-state index contributed by atoms with van der Waals surface area (Å²) >= 11 is 9.77. The summed E-state index contributed by atoms with van der Waals surface area (Å²) in [5.74, 6) is 0.481. The predicted molar refractivity (Wildman–Crippen MR) is 70.7 cm³/mol. The third-order valence-corrected chi connectivity index (χ3v) is 2.28. The molecule has 1 aromatic rings. The third kappa shape index (κ3) is 5.21. The second-order valence-corrected chi connectivity index (χ2v) is 4.18. The van der Waals surface area contributed by atoms with E-state index in [4.69, 9.17) is 29.6 Å². The van der Waals surface area contributed by atoms with Crippen molar-refractivity contribution in [3.8, 4) is 0 Å². The highest BCUT2D eigenvalue weighted by Crippen LogP contribution is 1.95. The molecule has 1 heterocycles. The monoisotopic (exact) mass is 290 g/mol. The van der Waals surface area contributed by atoms with Crippen LogP contribution in [-0.4, -0.2) is 51.4 Å². The summed E-state index contributed by atoms with van der Waals surface area (Å²) in [7, 11) is 1.25. The Labute approximate surface area is 113 Å². The summed E-state index contributed by atoms with van der Waals surface area (Å²) in [5, 5.41) is 14.8. The van der Waals surface area contributed by atoms with E-state index < -0.39 is 6.03 Å². The lowest BCUT2D eigenvalue weighted by molar-refractivity contribution is -0.0182. The van der Waals surface area contributed by atoms with Crippen LogP contribution >= 0.6 is 24.4 Å². The number of hydrogen-bond acceptors (Lipinski definition) is 6. The van der Waals surface area contributed by atoms with E-state index in [1.165, 1.54) is 7.05 Å². The topological polar surface area (TPSA) is 109 Å². The lowest BCUT2D eigenvalue weighted by Crippen LogP contribution is -2.35. The zero-order valence-corrected chi connectivity index (χ0v) is 11.3. The maximum Gasteiger partial charge on any atom is 0.340 e. The fraction of sp³-hybridized carbons (Fsp3) is 0.500. The number of aromatic nitrogens is 3. The number of nitrogens with one attached hydrogen (secondary N) is 4. The largest absolute Gasteiger partial charge is 0.356 e. The van der Waals surface area contributed by atoms with Gasteiger partial charge >= 0.3 is 6.03 Å². The van der Waals surface area contributed by atoms with Crippen LogP contribution in [0.4, 0.5) is 10.7 Å². The molecule has 0 fully saturated rings. The van der Waals surface area contributed by atoms with E-state index in [1.54, 1.807) is 0 Å². The van der Waals surface area contributed by atoms with Gasteiger partial charge in [-0.15, -0.1) is 0 Å². The van der Waals surface area contributed by atoms with E-state index in [0.29, 0.717) is 40.1 Å². The third-order valence-electron chi connectivity index (χ3n) is 1.88. The number of anilines is 1.